The summed E-state index contributed by atoms with van der Waals surface area (Å²) in [6.07, 6.45) is 5.03. The van der Waals surface area contributed by atoms with Gasteiger partial charge in [-0.05, 0) is 80.6 Å². The van der Waals surface area contributed by atoms with Gasteiger partial charge in [0.2, 0.25) is 0 Å². The third-order valence-electron chi connectivity index (χ3n) is 7.02. The number of fused-ring (bicyclic) bond motifs is 1. The molecule has 0 atom stereocenters. The second kappa shape index (κ2) is 12.6. The molecule has 1 amide bonds. The number of hydrogen-bond donors (Lipinski definition) is 3. The standard InChI is InChI=1S/C28H36N4O5/c1-36-24-7-3-20(17-25(24)37-2)12-16-32-23-6-5-21(28(35)30-15-11-27(33)34)18-22(23)31-26(32)8-4-19-9-13-29-14-10-19/h3,5-7,17-19,29H,4,8-16H2,1-2H3,(H,30,35)(H,33,34). The lowest BCUT2D eigenvalue weighted by atomic mass is 9.93. The normalized spacial score (nSPS) is 14.0. The Bertz CT molecular complexity index is 1230. The van der Waals surface area contributed by atoms with E-state index in [2.05, 4.69) is 21.3 Å². The van der Waals surface area contributed by atoms with Crippen LogP contribution in [0.5, 0.6) is 11.5 Å². The van der Waals surface area contributed by atoms with Crippen LogP contribution < -0.4 is 20.1 Å². The van der Waals surface area contributed by atoms with Gasteiger partial charge >= 0.3 is 5.97 Å². The summed E-state index contributed by atoms with van der Waals surface area (Å²) >= 11 is 0. The van der Waals surface area contributed by atoms with Crippen molar-refractivity contribution in [1.29, 1.82) is 0 Å². The first-order valence-electron chi connectivity index (χ1n) is 12.9. The molecule has 2 aromatic carbocycles. The number of nitrogens with one attached hydrogen (secondary N) is 2. The zero-order chi connectivity index (χ0) is 26.2. The number of carboxylic acids is 1. The van der Waals surface area contributed by atoms with E-state index in [0.29, 0.717) is 23.0 Å². The molecule has 1 aromatic heterocycles. The van der Waals surface area contributed by atoms with Gasteiger partial charge in [0.25, 0.3) is 5.91 Å². The summed E-state index contributed by atoms with van der Waals surface area (Å²) in [4.78, 5) is 28.3. The zero-order valence-corrected chi connectivity index (χ0v) is 21.6. The number of aliphatic carboxylic acids is 1. The number of methoxy groups -OCH3 is 2. The minimum Gasteiger partial charge on any atom is -0.493 e. The molecule has 0 aliphatic carbocycles. The fourth-order valence-corrected chi connectivity index (χ4v) is 4.93. The zero-order valence-electron chi connectivity index (χ0n) is 21.6. The SMILES string of the molecule is COc1ccc(CCn2c(CCC3CCNCC3)nc3cc(C(=O)NCCC(=O)O)ccc32)cc1OC. The molecule has 0 saturated carbocycles. The minimum atomic E-state index is -0.942. The first-order chi connectivity index (χ1) is 18.0. The average Bonchev–Trinajstić information content (AvgIpc) is 3.27. The smallest absolute Gasteiger partial charge is 0.305 e. The molecule has 3 N–H and O–H groups in total. The highest BCUT2D eigenvalue weighted by molar-refractivity contribution is 5.97. The number of amides is 1. The Morgan fingerprint density at radius 2 is 1.86 bits per heavy atom. The van der Waals surface area contributed by atoms with Crippen molar-refractivity contribution in [3.63, 3.8) is 0 Å². The summed E-state index contributed by atoms with van der Waals surface area (Å²) in [7, 11) is 3.27. The van der Waals surface area contributed by atoms with Crippen molar-refractivity contribution in [3.05, 3.63) is 53.3 Å². The molecule has 2 heterocycles. The number of nitrogens with zero attached hydrogens (tertiary/aromatic N) is 2. The van der Waals surface area contributed by atoms with E-state index in [4.69, 9.17) is 19.6 Å². The van der Waals surface area contributed by atoms with Gasteiger partial charge in [-0.25, -0.2) is 4.98 Å². The van der Waals surface area contributed by atoms with E-state index < -0.39 is 5.97 Å². The van der Waals surface area contributed by atoms with Gasteiger partial charge < -0.3 is 29.8 Å². The predicted octanol–water partition coefficient (Wildman–Crippen LogP) is 3.43. The van der Waals surface area contributed by atoms with E-state index in [1.807, 2.05) is 18.2 Å². The number of carbonyl (C=O) groups excluding carboxylic acids is 1. The Morgan fingerprint density at radius 3 is 2.59 bits per heavy atom. The maximum atomic E-state index is 12.6. The van der Waals surface area contributed by atoms with Crippen LogP contribution in [0.3, 0.4) is 0 Å². The molecule has 0 unspecified atom stereocenters. The molecule has 198 valence electrons. The van der Waals surface area contributed by atoms with Crippen LogP contribution in [0, 0.1) is 5.92 Å². The second-order valence-corrected chi connectivity index (χ2v) is 9.45. The van der Waals surface area contributed by atoms with Gasteiger partial charge in [-0.1, -0.05) is 6.07 Å². The number of benzene rings is 2. The first-order valence-corrected chi connectivity index (χ1v) is 12.9. The number of ether oxygens (including phenoxy) is 2. The van der Waals surface area contributed by atoms with E-state index in [-0.39, 0.29) is 18.9 Å². The van der Waals surface area contributed by atoms with Crippen LogP contribution >= 0.6 is 0 Å². The number of carbonyl (C=O) groups is 2. The average molecular weight is 509 g/mol. The van der Waals surface area contributed by atoms with Crippen molar-refractivity contribution in [2.75, 3.05) is 33.9 Å². The van der Waals surface area contributed by atoms with Crippen molar-refractivity contribution in [1.82, 2.24) is 20.2 Å². The number of aromatic nitrogens is 2. The molecule has 0 spiro atoms. The Kier molecular flexibility index (Phi) is 9.00. The van der Waals surface area contributed by atoms with Crippen LogP contribution in [0.4, 0.5) is 0 Å². The van der Waals surface area contributed by atoms with E-state index in [1.165, 1.54) is 12.8 Å². The highest BCUT2D eigenvalue weighted by Gasteiger charge is 2.18. The molecule has 9 nitrogen and oxygen atoms in total. The van der Waals surface area contributed by atoms with Crippen LogP contribution in [0.15, 0.2) is 36.4 Å². The molecule has 37 heavy (non-hydrogen) atoms. The molecule has 0 bridgehead atoms. The Balaban J connectivity index is 1.56. The molecule has 1 aliphatic heterocycles. The highest BCUT2D eigenvalue weighted by atomic mass is 16.5. The molecule has 1 fully saturated rings. The van der Waals surface area contributed by atoms with Crippen LogP contribution in [0.1, 0.15) is 47.4 Å². The molecular formula is C28H36N4O5. The van der Waals surface area contributed by atoms with Crippen molar-refractivity contribution in [2.24, 2.45) is 5.92 Å². The van der Waals surface area contributed by atoms with E-state index in [9.17, 15) is 9.59 Å². The van der Waals surface area contributed by atoms with Crippen molar-refractivity contribution >= 4 is 22.9 Å². The summed E-state index contributed by atoms with van der Waals surface area (Å²) in [6.45, 7) is 2.98. The number of rotatable bonds is 12. The second-order valence-electron chi connectivity index (χ2n) is 9.45. The Hall–Kier alpha value is -3.59. The third kappa shape index (κ3) is 6.80. The molecule has 3 aromatic rings. The number of aryl methyl sites for hydroxylation is 3. The van der Waals surface area contributed by atoms with Crippen LogP contribution in [0.25, 0.3) is 11.0 Å². The van der Waals surface area contributed by atoms with Gasteiger partial charge in [0.1, 0.15) is 5.82 Å². The topological polar surface area (TPSA) is 115 Å². The van der Waals surface area contributed by atoms with E-state index in [0.717, 1.165) is 61.3 Å². The summed E-state index contributed by atoms with van der Waals surface area (Å²) in [6, 6.07) is 11.5. The van der Waals surface area contributed by atoms with Crippen LogP contribution in [-0.2, 0) is 24.2 Å². The fourth-order valence-electron chi connectivity index (χ4n) is 4.93. The third-order valence-corrected chi connectivity index (χ3v) is 7.02. The van der Waals surface area contributed by atoms with Gasteiger partial charge in [-0.15, -0.1) is 0 Å². The minimum absolute atomic E-state index is 0.0907. The van der Waals surface area contributed by atoms with Gasteiger partial charge in [-0.3, -0.25) is 9.59 Å². The number of piperidine rings is 1. The van der Waals surface area contributed by atoms with Crippen LogP contribution in [-0.4, -0.2) is 60.4 Å². The number of imidazole rings is 1. The van der Waals surface area contributed by atoms with Crippen LogP contribution in [0.2, 0.25) is 0 Å². The fraction of sp³-hybridized carbons (Fsp3) is 0.464. The number of carboxylic acid groups (broad SMARTS) is 1. The predicted molar refractivity (Wildman–Crippen MR) is 141 cm³/mol. The number of hydrogen-bond acceptors (Lipinski definition) is 6. The van der Waals surface area contributed by atoms with Crippen molar-refractivity contribution in [3.8, 4) is 11.5 Å². The quantitative estimate of drug-likeness (QED) is 0.343. The lowest BCUT2D eigenvalue weighted by molar-refractivity contribution is -0.136. The molecule has 0 radical (unpaired) electrons. The van der Waals surface area contributed by atoms with E-state index >= 15 is 0 Å². The van der Waals surface area contributed by atoms with E-state index in [1.54, 1.807) is 26.4 Å². The summed E-state index contributed by atoms with van der Waals surface area (Å²) in [5, 5.41) is 14.9. The Morgan fingerprint density at radius 1 is 1.08 bits per heavy atom. The largest absolute Gasteiger partial charge is 0.493 e. The summed E-state index contributed by atoms with van der Waals surface area (Å²) in [5.41, 5.74) is 3.38. The Labute approximate surface area is 217 Å². The molecule has 1 saturated heterocycles. The van der Waals surface area contributed by atoms with Crippen molar-refractivity contribution in [2.45, 2.75) is 45.1 Å². The summed E-state index contributed by atoms with van der Waals surface area (Å²) in [5.74, 6) is 1.89. The maximum absolute atomic E-state index is 12.6. The highest BCUT2D eigenvalue weighted by Crippen LogP contribution is 2.28. The van der Waals surface area contributed by atoms with Gasteiger partial charge in [0, 0.05) is 25.1 Å². The first kappa shape index (κ1) is 26.5. The molecule has 4 rings (SSSR count). The molecular weight excluding hydrogens is 472 g/mol. The maximum Gasteiger partial charge on any atom is 0.305 e. The lowest BCUT2D eigenvalue weighted by Gasteiger charge is -2.22. The van der Waals surface area contributed by atoms with Gasteiger partial charge in [0.05, 0.1) is 31.7 Å². The molecule has 9 heteroatoms. The monoisotopic (exact) mass is 508 g/mol. The molecule has 1 aliphatic rings. The summed E-state index contributed by atoms with van der Waals surface area (Å²) < 4.78 is 13.1. The van der Waals surface area contributed by atoms with Crippen molar-refractivity contribution < 1.29 is 24.2 Å². The lowest BCUT2D eigenvalue weighted by Crippen LogP contribution is -2.28. The van der Waals surface area contributed by atoms with Gasteiger partial charge in [-0.2, -0.15) is 0 Å². The van der Waals surface area contributed by atoms with Gasteiger partial charge in [0.15, 0.2) is 11.5 Å².